The van der Waals surface area contributed by atoms with E-state index in [1.54, 1.807) is 59.5 Å². The number of ether oxygens (including phenoxy) is 1. The van der Waals surface area contributed by atoms with Crippen LogP contribution in [0.3, 0.4) is 0 Å². The minimum Gasteiger partial charge on any atom is -0.495 e. The Morgan fingerprint density at radius 1 is 0.743 bits per heavy atom. The van der Waals surface area contributed by atoms with E-state index < -0.39 is 0 Å². The number of hydrogen-bond acceptors (Lipinski definition) is 5. The smallest absolute Gasteiger partial charge is 0.257 e. The molecule has 0 bridgehead atoms. The standard InChI is InChI=1S/C27H30N4O4/c1-3-17-31(19-26(33)30-23-15-9-10-16-24(23)35-2)18-25(32)29-22-14-8-7-13-21(22)27(34)28-20-11-5-4-6-12-20/h4-16H,3,17-19H2,1-2H3,(H,28,34)(H,29,32)(H,30,33). The molecule has 8 heteroatoms. The Labute approximate surface area is 205 Å². The minimum absolute atomic E-state index is 0.00181. The molecule has 0 aromatic heterocycles. The van der Waals surface area contributed by atoms with Gasteiger partial charge in [0, 0.05) is 5.69 Å². The molecule has 3 N–H and O–H groups in total. The van der Waals surface area contributed by atoms with Gasteiger partial charge in [-0.1, -0.05) is 49.4 Å². The molecule has 3 rings (SSSR count). The summed E-state index contributed by atoms with van der Waals surface area (Å²) in [4.78, 5) is 40.0. The van der Waals surface area contributed by atoms with Crippen LogP contribution in [-0.4, -0.2) is 49.4 Å². The van der Waals surface area contributed by atoms with E-state index in [4.69, 9.17) is 4.74 Å². The van der Waals surface area contributed by atoms with Crippen molar-refractivity contribution in [2.45, 2.75) is 13.3 Å². The summed E-state index contributed by atoms with van der Waals surface area (Å²) in [5.74, 6) is -0.332. The Morgan fingerprint density at radius 2 is 1.31 bits per heavy atom. The Hall–Kier alpha value is -4.17. The van der Waals surface area contributed by atoms with Crippen molar-refractivity contribution in [2.24, 2.45) is 0 Å². The second-order valence-electron chi connectivity index (χ2n) is 7.87. The molecule has 3 amide bonds. The summed E-state index contributed by atoms with van der Waals surface area (Å²) in [6.07, 6.45) is 0.769. The van der Waals surface area contributed by atoms with Crippen molar-refractivity contribution in [1.82, 2.24) is 4.90 Å². The van der Waals surface area contributed by atoms with Gasteiger partial charge in [-0.25, -0.2) is 0 Å². The SMILES string of the molecule is CCCN(CC(=O)Nc1ccccc1OC)CC(=O)Nc1ccccc1C(=O)Nc1ccccc1. The third kappa shape index (κ3) is 7.68. The molecule has 0 fully saturated rings. The molecule has 0 aliphatic heterocycles. The first-order valence-corrected chi connectivity index (χ1v) is 11.4. The Balaban J connectivity index is 1.62. The molecule has 0 saturated carbocycles. The maximum Gasteiger partial charge on any atom is 0.257 e. The van der Waals surface area contributed by atoms with Crippen molar-refractivity contribution >= 4 is 34.8 Å². The van der Waals surface area contributed by atoms with Gasteiger partial charge in [0.1, 0.15) is 5.75 Å². The average Bonchev–Trinajstić information content (AvgIpc) is 2.85. The maximum absolute atomic E-state index is 12.8. The predicted molar refractivity (Wildman–Crippen MR) is 138 cm³/mol. The molecule has 3 aromatic rings. The predicted octanol–water partition coefficient (Wildman–Crippen LogP) is 4.24. The number of methoxy groups -OCH3 is 1. The van der Waals surface area contributed by atoms with Crippen LogP contribution < -0.4 is 20.7 Å². The number of para-hydroxylation sites is 4. The molecule has 0 aliphatic rings. The molecular formula is C27H30N4O4. The van der Waals surface area contributed by atoms with Crippen LogP contribution in [0.2, 0.25) is 0 Å². The Kier molecular flexibility index (Phi) is 9.39. The quantitative estimate of drug-likeness (QED) is 0.386. The molecule has 8 nitrogen and oxygen atoms in total. The fourth-order valence-electron chi connectivity index (χ4n) is 3.57. The van der Waals surface area contributed by atoms with Gasteiger partial charge in [0.15, 0.2) is 0 Å². The number of rotatable bonds is 11. The molecule has 35 heavy (non-hydrogen) atoms. The van der Waals surface area contributed by atoms with E-state index in [0.717, 1.165) is 6.42 Å². The third-order valence-electron chi connectivity index (χ3n) is 5.13. The van der Waals surface area contributed by atoms with Crippen LogP contribution in [0.4, 0.5) is 17.1 Å². The van der Waals surface area contributed by atoms with Gasteiger partial charge >= 0.3 is 0 Å². The topological polar surface area (TPSA) is 99.8 Å². The summed E-state index contributed by atoms with van der Waals surface area (Å²) in [5.41, 5.74) is 1.98. The zero-order chi connectivity index (χ0) is 25.0. The minimum atomic E-state index is -0.325. The summed E-state index contributed by atoms with van der Waals surface area (Å²) < 4.78 is 5.27. The van der Waals surface area contributed by atoms with Crippen molar-refractivity contribution in [1.29, 1.82) is 0 Å². The van der Waals surface area contributed by atoms with Gasteiger partial charge in [-0.15, -0.1) is 0 Å². The normalized spacial score (nSPS) is 10.5. The summed E-state index contributed by atoms with van der Waals surface area (Å²) in [6, 6.07) is 23.1. The molecule has 0 unspecified atom stereocenters. The van der Waals surface area contributed by atoms with E-state index in [-0.39, 0.29) is 30.8 Å². The van der Waals surface area contributed by atoms with Crippen molar-refractivity contribution in [3.8, 4) is 5.75 Å². The number of carbonyl (C=O) groups is 3. The highest BCUT2D eigenvalue weighted by molar-refractivity contribution is 6.10. The largest absolute Gasteiger partial charge is 0.495 e. The Morgan fingerprint density at radius 3 is 1.97 bits per heavy atom. The Bertz CT molecular complexity index is 1150. The number of nitrogens with one attached hydrogen (secondary N) is 3. The monoisotopic (exact) mass is 474 g/mol. The van der Waals surface area contributed by atoms with Gasteiger partial charge in [-0.2, -0.15) is 0 Å². The van der Waals surface area contributed by atoms with Crippen LogP contribution in [0.5, 0.6) is 5.75 Å². The first kappa shape index (κ1) is 25.5. The summed E-state index contributed by atoms with van der Waals surface area (Å²) >= 11 is 0. The van der Waals surface area contributed by atoms with E-state index in [9.17, 15) is 14.4 Å². The lowest BCUT2D eigenvalue weighted by atomic mass is 10.1. The van der Waals surface area contributed by atoms with Gasteiger partial charge in [0.05, 0.1) is 37.1 Å². The fraction of sp³-hybridized carbons (Fsp3) is 0.222. The van der Waals surface area contributed by atoms with Gasteiger partial charge in [0.2, 0.25) is 11.8 Å². The van der Waals surface area contributed by atoms with Crippen molar-refractivity contribution in [3.05, 3.63) is 84.4 Å². The zero-order valence-electron chi connectivity index (χ0n) is 19.9. The first-order chi connectivity index (χ1) is 17.0. The third-order valence-corrected chi connectivity index (χ3v) is 5.13. The number of carbonyl (C=O) groups excluding carboxylic acids is 3. The van der Waals surface area contributed by atoms with Crippen molar-refractivity contribution in [3.63, 3.8) is 0 Å². The van der Waals surface area contributed by atoms with Crippen LogP contribution >= 0.6 is 0 Å². The summed E-state index contributed by atoms with van der Waals surface area (Å²) in [6.45, 7) is 2.58. The number of nitrogens with zero attached hydrogens (tertiary/aromatic N) is 1. The van der Waals surface area contributed by atoms with E-state index in [1.165, 1.54) is 7.11 Å². The molecule has 0 atom stereocenters. The number of anilines is 3. The van der Waals surface area contributed by atoms with E-state index in [2.05, 4.69) is 16.0 Å². The van der Waals surface area contributed by atoms with Crippen molar-refractivity contribution in [2.75, 3.05) is 42.7 Å². The molecule has 0 aliphatic carbocycles. The van der Waals surface area contributed by atoms with Gasteiger partial charge in [0.25, 0.3) is 5.91 Å². The fourth-order valence-corrected chi connectivity index (χ4v) is 3.57. The highest BCUT2D eigenvalue weighted by Crippen LogP contribution is 2.23. The van der Waals surface area contributed by atoms with Gasteiger partial charge in [-0.05, 0) is 49.4 Å². The molecule has 0 heterocycles. The molecule has 0 spiro atoms. The van der Waals surface area contributed by atoms with Crippen LogP contribution in [-0.2, 0) is 9.59 Å². The maximum atomic E-state index is 12.8. The van der Waals surface area contributed by atoms with Crippen LogP contribution in [0.1, 0.15) is 23.7 Å². The van der Waals surface area contributed by atoms with Crippen LogP contribution in [0, 0.1) is 0 Å². The highest BCUT2D eigenvalue weighted by Gasteiger charge is 2.18. The van der Waals surface area contributed by atoms with E-state index >= 15 is 0 Å². The zero-order valence-corrected chi connectivity index (χ0v) is 19.9. The molecular weight excluding hydrogens is 444 g/mol. The highest BCUT2D eigenvalue weighted by atomic mass is 16.5. The first-order valence-electron chi connectivity index (χ1n) is 11.4. The number of hydrogen-bond donors (Lipinski definition) is 3. The average molecular weight is 475 g/mol. The lowest BCUT2D eigenvalue weighted by Gasteiger charge is -2.21. The molecule has 0 saturated heterocycles. The van der Waals surface area contributed by atoms with Gasteiger partial charge < -0.3 is 20.7 Å². The molecule has 3 aromatic carbocycles. The molecule has 0 radical (unpaired) electrons. The lowest BCUT2D eigenvalue weighted by Crippen LogP contribution is -2.39. The van der Waals surface area contributed by atoms with Crippen LogP contribution in [0.25, 0.3) is 0 Å². The second-order valence-corrected chi connectivity index (χ2v) is 7.87. The number of benzene rings is 3. The van der Waals surface area contributed by atoms with E-state index in [1.807, 2.05) is 31.2 Å². The lowest BCUT2D eigenvalue weighted by molar-refractivity contribution is -0.120. The molecule has 182 valence electrons. The number of amides is 3. The second kappa shape index (κ2) is 12.9. The van der Waals surface area contributed by atoms with Crippen molar-refractivity contribution < 1.29 is 19.1 Å². The van der Waals surface area contributed by atoms with Gasteiger partial charge in [-0.3, -0.25) is 19.3 Å². The van der Waals surface area contributed by atoms with Crippen LogP contribution in [0.15, 0.2) is 78.9 Å². The van der Waals surface area contributed by atoms with E-state index in [0.29, 0.717) is 34.9 Å². The summed E-state index contributed by atoms with van der Waals surface area (Å²) in [7, 11) is 1.54. The summed E-state index contributed by atoms with van der Waals surface area (Å²) in [5, 5.41) is 8.47.